The number of methoxy groups -OCH3 is 2. The molecule has 0 saturated heterocycles. The first kappa shape index (κ1) is 13.6. The van der Waals surface area contributed by atoms with Crippen molar-refractivity contribution in [2.45, 2.75) is 0 Å². The SMILES string of the molecule is COc1ccc(NC(=O)c2cnc(N)cn2)cc1OC. The average Bonchev–Trinajstić information content (AvgIpc) is 2.47. The van der Waals surface area contributed by atoms with Crippen molar-refractivity contribution in [1.29, 1.82) is 0 Å². The first-order chi connectivity index (χ1) is 9.63. The summed E-state index contributed by atoms with van der Waals surface area (Å²) in [6, 6.07) is 5.05. The van der Waals surface area contributed by atoms with E-state index in [2.05, 4.69) is 15.3 Å². The Labute approximate surface area is 115 Å². The van der Waals surface area contributed by atoms with Gasteiger partial charge in [0.05, 0.1) is 26.6 Å². The molecule has 0 saturated carbocycles. The van der Waals surface area contributed by atoms with Gasteiger partial charge < -0.3 is 20.5 Å². The zero-order chi connectivity index (χ0) is 14.5. The van der Waals surface area contributed by atoms with E-state index in [1.54, 1.807) is 25.3 Å². The standard InChI is InChI=1S/C13H14N4O3/c1-19-10-4-3-8(5-11(10)20-2)17-13(18)9-6-16-12(14)7-15-9/h3-7H,1-2H3,(H2,14,16)(H,17,18). The molecule has 7 nitrogen and oxygen atoms in total. The zero-order valence-corrected chi connectivity index (χ0v) is 11.1. The van der Waals surface area contributed by atoms with Gasteiger partial charge in [0.2, 0.25) is 0 Å². The topological polar surface area (TPSA) is 99.4 Å². The second kappa shape index (κ2) is 5.87. The van der Waals surface area contributed by atoms with Crippen LogP contribution in [-0.2, 0) is 0 Å². The number of rotatable bonds is 4. The highest BCUT2D eigenvalue weighted by Gasteiger charge is 2.10. The molecule has 0 aliphatic rings. The Balaban J connectivity index is 2.17. The van der Waals surface area contributed by atoms with Crippen molar-refractivity contribution in [2.24, 2.45) is 0 Å². The summed E-state index contributed by atoms with van der Waals surface area (Å²) in [4.78, 5) is 19.7. The normalized spacial score (nSPS) is 9.90. The molecule has 7 heteroatoms. The number of ether oxygens (including phenoxy) is 2. The van der Waals surface area contributed by atoms with E-state index in [0.717, 1.165) is 0 Å². The maximum atomic E-state index is 12.0. The summed E-state index contributed by atoms with van der Waals surface area (Å²) < 4.78 is 10.3. The molecule has 0 atom stereocenters. The first-order valence-electron chi connectivity index (χ1n) is 5.75. The van der Waals surface area contributed by atoms with Crippen molar-refractivity contribution in [1.82, 2.24) is 9.97 Å². The van der Waals surface area contributed by atoms with Crippen molar-refractivity contribution in [2.75, 3.05) is 25.3 Å². The molecule has 3 N–H and O–H groups in total. The number of nitrogens with one attached hydrogen (secondary N) is 1. The third-order valence-corrected chi connectivity index (χ3v) is 2.55. The van der Waals surface area contributed by atoms with E-state index < -0.39 is 0 Å². The molecule has 20 heavy (non-hydrogen) atoms. The van der Waals surface area contributed by atoms with Crippen LogP contribution in [0.25, 0.3) is 0 Å². The highest BCUT2D eigenvalue weighted by molar-refractivity contribution is 6.02. The van der Waals surface area contributed by atoms with Gasteiger partial charge in [-0.05, 0) is 12.1 Å². The van der Waals surface area contributed by atoms with Gasteiger partial charge in [-0.1, -0.05) is 0 Å². The molecule has 0 spiro atoms. The number of amides is 1. The molecule has 1 aromatic carbocycles. The van der Waals surface area contributed by atoms with Gasteiger partial charge >= 0.3 is 0 Å². The lowest BCUT2D eigenvalue weighted by atomic mass is 10.2. The Morgan fingerprint density at radius 2 is 1.90 bits per heavy atom. The van der Waals surface area contributed by atoms with Crippen molar-refractivity contribution < 1.29 is 14.3 Å². The van der Waals surface area contributed by atoms with Crippen molar-refractivity contribution in [3.8, 4) is 11.5 Å². The maximum Gasteiger partial charge on any atom is 0.275 e. The van der Waals surface area contributed by atoms with E-state index in [1.807, 2.05) is 0 Å². The molecule has 0 aliphatic carbocycles. The van der Waals surface area contributed by atoms with Crippen LogP contribution in [0.4, 0.5) is 11.5 Å². The average molecular weight is 274 g/mol. The largest absolute Gasteiger partial charge is 0.493 e. The van der Waals surface area contributed by atoms with Crippen molar-refractivity contribution in [3.05, 3.63) is 36.3 Å². The van der Waals surface area contributed by atoms with Crippen LogP contribution in [0.5, 0.6) is 11.5 Å². The fourth-order valence-electron chi connectivity index (χ4n) is 1.56. The van der Waals surface area contributed by atoms with Gasteiger partial charge in [0, 0.05) is 11.8 Å². The maximum absolute atomic E-state index is 12.0. The van der Waals surface area contributed by atoms with Crippen LogP contribution in [0.3, 0.4) is 0 Å². The molecule has 0 fully saturated rings. The highest BCUT2D eigenvalue weighted by atomic mass is 16.5. The smallest absolute Gasteiger partial charge is 0.275 e. The Kier molecular flexibility index (Phi) is 3.99. The number of nitrogens with two attached hydrogens (primary N) is 1. The number of hydrogen-bond acceptors (Lipinski definition) is 6. The lowest BCUT2D eigenvalue weighted by Crippen LogP contribution is -2.14. The monoisotopic (exact) mass is 274 g/mol. The van der Waals surface area contributed by atoms with E-state index in [4.69, 9.17) is 15.2 Å². The minimum Gasteiger partial charge on any atom is -0.493 e. The van der Waals surface area contributed by atoms with Gasteiger partial charge in [-0.2, -0.15) is 0 Å². The highest BCUT2D eigenvalue weighted by Crippen LogP contribution is 2.29. The third-order valence-electron chi connectivity index (χ3n) is 2.55. The number of benzene rings is 1. The van der Waals surface area contributed by atoms with Crippen LogP contribution in [0.15, 0.2) is 30.6 Å². The summed E-state index contributed by atoms with van der Waals surface area (Å²) in [7, 11) is 3.06. The van der Waals surface area contributed by atoms with Crippen LogP contribution >= 0.6 is 0 Å². The number of carbonyl (C=O) groups is 1. The number of aromatic nitrogens is 2. The van der Waals surface area contributed by atoms with E-state index in [1.165, 1.54) is 19.5 Å². The second-order valence-corrected chi connectivity index (χ2v) is 3.85. The fraction of sp³-hybridized carbons (Fsp3) is 0.154. The van der Waals surface area contributed by atoms with Crippen LogP contribution in [0.2, 0.25) is 0 Å². The molecular formula is C13H14N4O3. The quantitative estimate of drug-likeness (QED) is 0.872. The molecule has 0 bridgehead atoms. The Bertz CT molecular complexity index is 614. The molecule has 0 aliphatic heterocycles. The number of hydrogen-bond donors (Lipinski definition) is 2. The third kappa shape index (κ3) is 2.94. The molecule has 0 radical (unpaired) electrons. The van der Waals surface area contributed by atoms with Crippen LogP contribution in [0.1, 0.15) is 10.5 Å². The van der Waals surface area contributed by atoms with Crippen molar-refractivity contribution >= 4 is 17.4 Å². The summed E-state index contributed by atoms with van der Waals surface area (Å²) in [5.41, 5.74) is 6.15. The number of nitrogens with zero attached hydrogens (tertiary/aromatic N) is 2. The molecule has 1 heterocycles. The van der Waals surface area contributed by atoms with Crippen LogP contribution in [-0.4, -0.2) is 30.1 Å². The van der Waals surface area contributed by atoms with E-state index in [-0.39, 0.29) is 17.4 Å². The number of carbonyl (C=O) groups excluding carboxylic acids is 1. The van der Waals surface area contributed by atoms with Crippen LogP contribution < -0.4 is 20.5 Å². The Morgan fingerprint density at radius 3 is 2.50 bits per heavy atom. The van der Waals surface area contributed by atoms with E-state index >= 15 is 0 Å². The second-order valence-electron chi connectivity index (χ2n) is 3.85. The summed E-state index contributed by atoms with van der Waals surface area (Å²) in [6.07, 6.45) is 2.63. The summed E-state index contributed by atoms with van der Waals surface area (Å²) in [5.74, 6) is 0.976. The summed E-state index contributed by atoms with van der Waals surface area (Å²) in [5, 5.41) is 2.69. The van der Waals surface area contributed by atoms with E-state index in [0.29, 0.717) is 17.2 Å². The minimum absolute atomic E-state index is 0.175. The molecule has 2 rings (SSSR count). The summed E-state index contributed by atoms with van der Waals surface area (Å²) in [6.45, 7) is 0. The molecule has 2 aromatic rings. The molecular weight excluding hydrogens is 260 g/mol. The van der Waals surface area contributed by atoms with Gasteiger partial charge in [-0.3, -0.25) is 4.79 Å². The van der Waals surface area contributed by atoms with Crippen molar-refractivity contribution in [3.63, 3.8) is 0 Å². The first-order valence-corrected chi connectivity index (χ1v) is 5.75. The molecule has 0 unspecified atom stereocenters. The minimum atomic E-state index is -0.385. The zero-order valence-electron chi connectivity index (χ0n) is 11.1. The Morgan fingerprint density at radius 1 is 1.15 bits per heavy atom. The van der Waals surface area contributed by atoms with Gasteiger partial charge in [0.25, 0.3) is 5.91 Å². The lowest BCUT2D eigenvalue weighted by Gasteiger charge is -2.10. The van der Waals surface area contributed by atoms with Gasteiger partial charge in [0.1, 0.15) is 11.5 Å². The van der Waals surface area contributed by atoms with Gasteiger partial charge in [-0.15, -0.1) is 0 Å². The molecule has 104 valence electrons. The predicted octanol–water partition coefficient (Wildman–Crippen LogP) is 1.33. The van der Waals surface area contributed by atoms with Gasteiger partial charge in [-0.25, -0.2) is 9.97 Å². The van der Waals surface area contributed by atoms with Gasteiger partial charge in [0.15, 0.2) is 11.5 Å². The van der Waals surface area contributed by atoms with E-state index in [9.17, 15) is 4.79 Å². The molecule has 1 aromatic heterocycles. The predicted molar refractivity (Wildman–Crippen MR) is 73.9 cm³/mol. The number of nitrogen functional groups attached to an aromatic ring is 1. The number of anilines is 2. The lowest BCUT2D eigenvalue weighted by molar-refractivity contribution is 0.102. The summed E-state index contributed by atoms with van der Waals surface area (Å²) >= 11 is 0. The Hall–Kier alpha value is -2.83. The molecule has 1 amide bonds. The van der Waals surface area contributed by atoms with Crippen LogP contribution in [0, 0.1) is 0 Å². The fourth-order valence-corrected chi connectivity index (χ4v) is 1.56.